The van der Waals surface area contributed by atoms with E-state index >= 15 is 0 Å². The summed E-state index contributed by atoms with van der Waals surface area (Å²) >= 11 is 1.38. The molecule has 2 aromatic heterocycles. The number of hydrogen-bond acceptors (Lipinski definition) is 6. The SMILES string of the molecule is CCc1nc2sc([C@H](c3cccc(F)c3)N3CCN(c4ccc(F)cc4)CC3)c(O)n2n1. The Labute approximate surface area is 188 Å². The van der Waals surface area contributed by atoms with Crippen LogP contribution in [0.2, 0.25) is 0 Å². The Morgan fingerprint density at radius 3 is 2.44 bits per heavy atom. The lowest BCUT2D eigenvalue weighted by Crippen LogP contribution is -2.47. The highest BCUT2D eigenvalue weighted by Gasteiger charge is 2.32. The zero-order chi connectivity index (χ0) is 22.2. The molecule has 5 rings (SSSR count). The zero-order valence-corrected chi connectivity index (χ0v) is 18.4. The number of thiazole rings is 1. The lowest BCUT2D eigenvalue weighted by molar-refractivity contribution is 0.211. The van der Waals surface area contributed by atoms with Crippen molar-refractivity contribution in [2.75, 3.05) is 31.1 Å². The molecule has 0 spiro atoms. The minimum absolute atomic E-state index is 0.0485. The number of halogens is 2. The molecule has 4 aromatic rings. The second kappa shape index (κ2) is 8.48. The van der Waals surface area contributed by atoms with E-state index < -0.39 is 0 Å². The van der Waals surface area contributed by atoms with Gasteiger partial charge in [0.1, 0.15) is 11.6 Å². The maximum Gasteiger partial charge on any atom is 0.230 e. The molecule has 9 heteroatoms. The normalized spacial score (nSPS) is 16.0. The summed E-state index contributed by atoms with van der Waals surface area (Å²) in [4.78, 5) is 10.3. The number of piperazine rings is 1. The van der Waals surface area contributed by atoms with Crippen molar-refractivity contribution in [3.63, 3.8) is 0 Å². The molecule has 1 fully saturated rings. The van der Waals surface area contributed by atoms with Gasteiger partial charge in [0.25, 0.3) is 0 Å². The van der Waals surface area contributed by atoms with Crippen LogP contribution in [0.15, 0.2) is 48.5 Å². The van der Waals surface area contributed by atoms with Gasteiger partial charge in [-0.05, 0) is 42.0 Å². The van der Waals surface area contributed by atoms with Crippen molar-refractivity contribution in [3.8, 4) is 5.88 Å². The summed E-state index contributed by atoms with van der Waals surface area (Å²) in [7, 11) is 0. The van der Waals surface area contributed by atoms with E-state index in [9.17, 15) is 13.9 Å². The number of benzene rings is 2. The Hall–Kier alpha value is -3.04. The Balaban J connectivity index is 1.47. The molecule has 1 atom stereocenters. The molecule has 1 saturated heterocycles. The second-order valence-corrected chi connectivity index (χ2v) is 8.83. The van der Waals surface area contributed by atoms with Crippen molar-refractivity contribution in [1.29, 1.82) is 0 Å². The van der Waals surface area contributed by atoms with Crippen molar-refractivity contribution in [1.82, 2.24) is 19.5 Å². The Kier molecular flexibility index (Phi) is 5.52. The van der Waals surface area contributed by atoms with E-state index in [1.807, 2.05) is 13.0 Å². The highest BCUT2D eigenvalue weighted by Crippen LogP contribution is 2.40. The summed E-state index contributed by atoms with van der Waals surface area (Å²) in [5.74, 6) is 0.155. The average Bonchev–Trinajstić information content (AvgIpc) is 3.34. The van der Waals surface area contributed by atoms with Gasteiger partial charge in [-0.15, -0.1) is 5.10 Å². The molecule has 0 radical (unpaired) electrons. The number of anilines is 1. The molecule has 0 bridgehead atoms. The van der Waals surface area contributed by atoms with E-state index in [2.05, 4.69) is 19.9 Å². The van der Waals surface area contributed by atoms with Crippen molar-refractivity contribution < 1.29 is 13.9 Å². The van der Waals surface area contributed by atoms with E-state index in [4.69, 9.17) is 0 Å². The number of nitrogens with zero attached hydrogens (tertiary/aromatic N) is 5. The first-order valence-electron chi connectivity index (χ1n) is 10.6. The molecule has 0 saturated carbocycles. The molecule has 2 aromatic carbocycles. The highest BCUT2D eigenvalue weighted by molar-refractivity contribution is 7.17. The van der Waals surface area contributed by atoms with Gasteiger partial charge in [0, 0.05) is 38.3 Å². The fourth-order valence-corrected chi connectivity index (χ4v) is 5.35. The van der Waals surface area contributed by atoms with Crippen LogP contribution in [0.5, 0.6) is 5.88 Å². The maximum atomic E-state index is 14.1. The van der Waals surface area contributed by atoms with Crippen LogP contribution >= 0.6 is 11.3 Å². The molecule has 0 amide bonds. The van der Waals surface area contributed by atoms with Gasteiger partial charge in [-0.2, -0.15) is 4.52 Å². The van der Waals surface area contributed by atoms with Gasteiger partial charge >= 0.3 is 0 Å². The first-order chi connectivity index (χ1) is 15.5. The largest absolute Gasteiger partial charge is 0.492 e. The fraction of sp³-hybridized carbons (Fsp3) is 0.304. The Morgan fingerprint density at radius 1 is 1.03 bits per heavy atom. The van der Waals surface area contributed by atoms with Gasteiger partial charge < -0.3 is 10.0 Å². The molecule has 166 valence electrons. The number of aryl methyl sites for hydroxylation is 1. The molecule has 0 unspecified atom stereocenters. The minimum Gasteiger partial charge on any atom is -0.492 e. The van der Waals surface area contributed by atoms with Crippen molar-refractivity contribution in [2.45, 2.75) is 19.4 Å². The van der Waals surface area contributed by atoms with E-state index in [1.54, 1.807) is 18.2 Å². The molecule has 32 heavy (non-hydrogen) atoms. The molecule has 1 aliphatic rings. The summed E-state index contributed by atoms with van der Waals surface area (Å²) < 4.78 is 28.9. The van der Waals surface area contributed by atoms with Crippen molar-refractivity contribution in [3.05, 3.63) is 76.4 Å². The topological polar surface area (TPSA) is 56.9 Å². The van der Waals surface area contributed by atoms with Crippen LogP contribution in [0.25, 0.3) is 4.96 Å². The van der Waals surface area contributed by atoms with E-state index in [0.717, 1.165) is 24.3 Å². The third kappa shape index (κ3) is 3.82. The first-order valence-corrected chi connectivity index (χ1v) is 11.4. The van der Waals surface area contributed by atoms with Gasteiger partial charge in [-0.25, -0.2) is 13.8 Å². The summed E-state index contributed by atoms with van der Waals surface area (Å²) in [6.45, 7) is 4.84. The van der Waals surface area contributed by atoms with Gasteiger partial charge in [0.05, 0.1) is 10.9 Å². The molecule has 1 N–H and O–H groups in total. The average molecular weight is 456 g/mol. The third-order valence-corrected chi connectivity index (χ3v) is 6.92. The van der Waals surface area contributed by atoms with Gasteiger partial charge in [0.15, 0.2) is 5.82 Å². The zero-order valence-electron chi connectivity index (χ0n) is 17.6. The van der Waals surface area contributed by atoms with Crippen LogP contribution in [0.1, 0.15) is 29.2 Å². The molecule has 1 aliphatic heterocycles. The lowest BCUT2D eigenvalue weighted by Gasteiger charge is -2.40. The number of hydrogen-bond donors (Lipinski definition) is 1. The smallest absolute Gasteiger partial charge is 0.230 e. The molecular formula is C23H23F2N5OS. The van der Waals surface area contributed by atoms with Gasteiger partial charge in [-0.1, -0.05) is 30.4 Å². The predicted octanol–water partition coefficient (Wildman–Crippen LogP) is 4.25. The molecular weight excluding hydrogens is 432 g/mol. The number of aromatic nitrogens is 3. The lowest BCUT2D eigenvalue weighted by atomic mass is 10.0. The van der Waals surface area contributed by atoms with Gasteiger partial charge in [-0.3, -0.25) is 4.90 Å². The molecule has 3 heterocycles. The molecule has 0 aliphatic carbocycles. The number of aromatic hydroxyl groups is 1. The quantitative estimate of drug-likeness (QED) is 0.488. The van der Waals surface area contributed by atoms with Crippen molar-refractivity contribution >= 4 is 22.0 Å². The van der Waals surface area contributed by atoms with Gasteiger partial charge in [0.2, 0.25) is 10.8 Å². The van der Waals surface area contributed by atoms with E-state index in [1.165, 1.54) is 40.1 Å². The van der Waals surface area contributed by atoms with Crippen LogP contribution in [0, 0.1) is 11.6 Å². The number of rotatable bonds is 5. The van der Waals surface area contributed by atoms with Crippen LogP contribution < -0.4 is 4.90 Å². The van der Waals surface area contributed by atoms with E-state index in [0.29, 0.717) is 35.2 Å². The third-order valence-electron chi connectivity index (χ3n) is 5.84. The van der Waals surface area contributed by atoms with E-state index in [-0.39, 0.29) is 23.6 Å². The molecule has 6 nitrogen and oxygen atoms in total. The van der Waals surface area contributed by atoms with Crippen LogP contribution in [0.4, 0.5) is 14.5 Å². The minimum atomic E-state index is -0.320. The fourth-order valence-electron chi connectivity index (χ4n) is 4.21. The summed E-state index contributed by atoms with van der Waals surface area (Å²) in [6, 6.07) is 12.7. The maximum absolute atomic E-state index is 14.1. The van der Waals surface area contributed by atoms with Crippen LogP contribution in [-0.2, 0) is 6.42 Å². The second-order valence-electron chi connectivity index (χ2n) is 7.82. The standard InChI is InChI=1S/C23H23F2N5OS/c1-2-19-26-23-30(27-19)22(31)21(32-23)20(15-4-3-5-17(25)14-15)29-12-10-28(11-13-29)18-8-6-16(24)7-9-18/h3-9,14,20,31H,2,10-13H2,1H3/t20-/m0/s1. The predicted molar refractivity (Wildman–Crippen MR) is 120 cm³/mol. The van der Waals surface area contributed by atoms with Crippen molar-refractivity contribution in [2.24, 2.45) is 0 Å². The Morgan fingerprint density at radius 2 is 1.78 bits per heavy atom. The van der Waals surface area contributed by atoms with Crippen LogP contribution in [0.3, 0.4) is 0 Å². The summed E-state index contributed by atoms with van der Waals surface area (Å²) in [5.41, 5.74) is 1.75. The van der Waals surface area contributed by atoms with Crippen LogP contribution in [-0.4, -0.2) is 50.8 Å². The first kappa shape index (κ1) is 20.8. The Bertz CT molecular complexity index is 1230. The summed E-state index contributed by atoms with van der Waals surface area (Å²) in [5, 5.41) is 15.4. The number of fused-ring (bicyclic) bond motifs is 1. The highest BCUT2D eigenvalue weighted by atomic mass is 32.1. The summed E-state index contributed by atoms with van der Waals surface area (Å²) in [6.07, 6.45) is 0.682. The monoisotopic (exact) mass is 455 g/mol.